The topological polar surface area (TPSA) is 142 Å². The third-order valence-electron chi connectivity index (χ3n) is 12.0. The Labute approximate surface area is 441 Å². The Morgan fingerprint density at radius 3 is 0.737 bits per heavy atom. The second kappa shape index (κ2) is 25.8. The zero-order valence-electron chi connectivity index (χ0n) is 42.4. The molecule has 76 heavy (non-hydrogen) atoms. The fourth-order valence-electron chi connectivity index (χ4n) is 7.76. The van der Waals surface area contributed by atoms with E-state index < -0.39 is 23.9 Å². The lowest BCUT2D eigenvalue weighted by molar-refractivity contribution is 0.0592. The highest BCUT2D eigenvalue weighted by atomic mass is 16.5. The molecule has 0 fully saturated rings. The predicted octanol–water partition coefficient (Wildman–Crippen LogP) is 13.2. The van der Waals surface area contributed by atoms with Crippen LogP contribution in [0.4, 0.5) is 0 Å². The van der Waals surface area contributed by atoms with Crippen molar-refractivity contribution in [3.63, 3.8) is 0 Å². The van der Waals surface area contributed by atoms with E-state index in [2.05, 4.69) is 48.5 Å². The molecule has 0 aromatic heterocycles. The number of benzene rings is 8. The second-order valence-electron chi connectivity index (χ2n) is 17.3. The molecule has 0 saturated carbocycles. The molecule has 12 nitrogen and oxygen atoms in total. The molecule has 0 saturated heterocycles. The van der Waals surface area contributed by atoms with Crippen molar-refractivity contribution in [3.05, 3.63) is 249 Å². The quantitative estimate of drug-likeness (QED) is 0.0384. The highest BCUT2D eigenvalue weighted by molar-refractivity contribution is 5.91. The van der Waals surface area contributed by atoms with Gasteiger partial charge in [-0.05, 0) is 128 Å². The van der Waals surface area contributed by atoms with Crippen molar-refractivity contribution < 1.29 is 57.1 Å². The number of methoxy groups -OCH3 is 4. The van der Waals surface area contributed by atoms with Gasteiger partial charge in [0, 0.05) is 12.1 Å². The molecule has 0 aliphatic rings. The van der Waals surface area contributed by atoms with Gasteiger partial charge in [-0.15, -0.1) is 0 Å². The van der Waals surface area contributed by atoms with E-state index in [1.807, 2.05) is 109 Å². The van der Waals surface area contributed by atoms with Crippen LogP contribution in [-0.4, -0.2) is 52.3 Å². The maximum atomic E-state index is 11.9. The molecule has 8 aromatic rings. The summed E-state index contributed by atoms with van der Waals surface area (Å²) in [5.41, 5.74) is 11.2. The fourth-order valence-corrected chi connectivity index (χ4v) is 7.76. The van der Waals surface area contributed by atoms with Crippen LogP contribution in [0.3, 0.4) is 0 Å². The van der Waals surface area contributed by atoms with Gasteiger partial charge in [-0.2, -0.15) is 0 Å². The molecule has 382 valence electrons. The van der Waals surface area contributed by atoms with Crippen LogP contribution in [0.1, 0.15) is 85.9 Å². The molecule has 0 aliphatic carbocycles. The first-order chi connectivity index (χ1) is 37.0. The molecule has 0 amide bonds. The first-order valence-electron chi connectivity index (χ1n) is 24.1. The number of esters is 4. The molecule has 12 heteroatoms. The molecule has 0 unspecified atom stereocenters. The number of hydrogen-bond acceptors (Lipinski definition) is 12. The van der Waals surface area contributed by atoms with Crippen LogP contribution in [0.25, 0.3) is 35.4 Å². The molecule has 0 N–H and O–H groups in total. The smallest absolute Gasteiger partial charge is 0.337 e. The normalized spacial score (nSPS) is 10.9. The number of ether oxygens (including phenoxy) is 8. The van der Waals surface area contributed by atoms with Crippen molar-refractivity contribution in [1.29, 1.82) is 0 Å². The third kappa shape index (κ3) is 14.7. The fraction of sp³-hybridized carbons (Fsp3) is 0.125. The van der Waals surface area contributed by atoms with E-state index in [1.165, 1.54) is 28.4 Å². The maximum Gasteiger partial charge on any atom is 0.337 e. The van der Waals surface area contributed by atoms with Crippen molar-refractivity contribution in [2.75, 3.05) is 28.4 Å². The first-order valence-corrected chi connectivity index (χ1v) is 24.1. The molecule has 0 heterocycles. The minimum Gasteiger partial charge on any atom is -0.489 e. The average molecular weight is 1020 g/mol. The van der Waals surface area contributed by atoms with Gasteiger partial charge in [-0.3, -0.25) is 0 Å². The van der Waals surface area contributed by atoms with Crippen LogP contribution in [-0.2, 0) is 45.4 Å². The van der Waals surface area contributed by atoms with Crippen LogP contribution in [0.15, 0.2) is 182 Å². The average Bonchev–Trinajstić information content (AvgIpc) is 3.47. The minimum absolute atomic E-state index is 0.264. The summed E-state index contributed by atoms with van der Waals surface area (Å²) in [6.45, 7) is 1.06. The van der Waals surface area contributed by atoms with Crippen LogP contribution < -0.4 is 18.9 Å². The first kappa shape index (κ1) is 52.6. The van der Waals surface area contributed by atoms with Crippen LogP contribution in [0, 0.1) is 0 Å². The van der Waals surface area contributed by atoms with Crippen molar-refractivity contribution in [3.8, 4) is 34.1 Å². The van der Waals surface area contributed by atoms with Gasteiger partial charge in [0.15, 0.2) is 0 Å². The maximum absolute atomic E-state index is 11.9. The number of rotatable bonds is 21. The van der Waals surface area contributed by atoms with Crippen molar-refractivity contribution in [1.82, 2.24) is 0 Å². The summed E-state index contributed by atoms with van der Waals surface area (Å²) in [4.78, 5) is 47.7. The standard InChI is InChI=1S/C64H54O12/c1-69-61(65)53-25-13-45(14-26-53)39-73-57-33-49(34-58(37-57)74-40-46-15-27-54(28-16-46)62(66)70-2)7-5-43-9-21-51(22-10-43)52-23-11-44(12-24-52)6-8-50-35-59(75-41-47-17-29-55(30-18-47)63(67)71-3)38-60(36-50)76-42-48-19-31-56(32-20-48)64(68)72-4/h5-38H,39-42H2,1-4H3/b7-5+,8-6+. The Hall–Kier alpha value is -9.68. The highest BCUT2D eigenvalue weighted by Gasteiger charge is 2.11. The van der Waals surface area contributed by atoms with Gasteiger partial charge in [0.25, 0.3) is 0 Å². The Morgan fingerprint density at radius 1 is 0.289 bits per heavy atom. The van der Waals surface area contributed by atoms with Gasteiger partial charge < -0.3 is 37.9 Å². The molecule has 0 radical (unpaired) electrons. The lowest BCUT2D eigenvalue weighted by Gasteiger charge is -2.12. The summed E-state index contributed by atoms with van der Waals surface area (Å²) in [5.74, 6) is 0.769. The summed E-state index contributed by atoms with van der Waals surface area (Å²) in [6.07, 6.45) is 8.06. The van der Waals surface area contributed by atoms with E-state index >= 15 is 0 Å². The molecule has 8 rings (SSSR count). The van der Waals surface area contributed by atoms with E-state index in [9.17, 15) is 19.2 Å². The SMILES string of the molecule is COC(=O)c1ccc(COc2cc(/C=C/c3ccc(-c4ccc(/C=C/c5cc(OCc6ccc(C(=O)OC)cc6)cc(OCc6ccc(C(=O)OC)cc6)c5)cc4)cc3)cc(OCc3ccc(C(=O)OC)cc3)c2)cc1. The Balaban J connectivity index is 0.937. The van der Waals surface area contributed by atoms with Crippen LogP contribution >= 0.6 is 0 Å². The van der Waals surface area contributed by atoms with Gasteiger partial charge in [-0.1, -0.05) is 121 Å². The van der Waals surface area contributed by atoms with Crippen LogP contribution in [0.5, 0.6) is 23.0 Å². The van der Waals surface area contributed by atoms with Gasteiger partial charge in [0.1, 0.15) is 49.4 Å². The summed E-state index contributed by atoms with van der Waals surface area (Å²) < 4.78 is 44.2. The number of carbonyl (C=O) groups excluding carboxylic acids is 4. The van der Waals surface area contributed by atoms with Gasteiger partial charge in [0.2, 0.25) is 0 Å². The zero-order chi connectivity index (χ0) is 53.2. The monoisotopic (exact) mass is 1010 g/mol. The molecule has 0 aliphatic heterocycles. The van der Waals surface area contributed by atoms with E-state index in [1.54, 1.807) is 48.5 Å². The lowest BCUT2D eigenvalue weighted by atomic mass is 10.0. The van der Waals surface area contributed by atoms with Crippen molar-refractivity contribution in [2.45, 2.75) is 26.4 Å². The van der Waals surface area contributed by atoms with Gasteiger partial charge >= 0.3 is 23.9 Å². The van der Waals surface area contributed by atoms with Gasteiger partial charge in [-0.25, -0.2) is 19.2 Å². The Bertz CT molecular complexity index is 2930. The largest absolute Gasteiger partial charge is 0.489 e. The molecular formula is C64H54O12. The summed E-state index contributed by atoms with van der Waals surface area (Å²) >= 11 is 0. The summed E-state index contributed by atoms with van der Waals surface area (Å²) in [5, 5.41) is 0. The van der Waals surface area contributed by atoms with Crippen molar-refractivity contribution in [2.24, 2.45) is 0 Å². The Kier molecular flexibility index (Phi) is 17.9. The molecule has 0 spiro atoms. The molecule has 8 aromatic carbocycles. The van der Waals surface area contributed by atoms with E-state index in [4.69, 9.17) is 37.9 Å². The van der Waals surface area contributed by atoms with Gasteiger partial charge in [0.05, 0.1) is 50.7 Å². The summed E-state index contributed by atoms with van der Waals surface area (Å²) in [6, 6.07) is 56.3. The van der Waals surface area contributed by atoms with E-state index in [-0.39, 0.29) is 26.4 Å². The molecule has 0 bridgehead atoms. The molecule has 0 atom stereocenters. The second-order valence-corrected chi connectivity index (χ2v) is 17.3. The van der Waals surface area contributed by atoms with Crippen LogP contribution in [0.2, 0.25) is 0 Å². The van der Waals surface area contributed by atoms with Crippen molar-refractivity contribution >= 4 is 48.2 Å². The third-order valence-corrected chi connectivity index (χ3v) is 12.0. The lowest BCUT2D eigenvalue weighted by Crippen LogP contribution is -2.02. The number of carbonyl (C=O) groups is 4. The zero-order valence-corrected chi connectivity index (χ0v) is 42.4. The minimum atomic E-state index is -0.405. The van der Waals surface area contributed by atoms with E-state index in [0.29, 0.717) is 45.3 Å². The summed E-state index contributed by atoms with van der Waals surface area (Å²) in [7, 11) is 5.40. The molecular weight excluding hydrogens is 961 g/mol. The Morgan fingerprint density at radius 2 is 0.513 bits per heavy atom. The highest BCUT2D eigenvalue weighted by Crippen LogP contribution is 2.29. The van der Waals surface area contributed by atoms with E-state index in [0.717, 1.165) is 55.6 Å². The number of hydrogen-bond donors (Lipinski definition) is 0. The predicted molar refractivity (Wildman–Crippen MR) is 291 cm³/mol.